The van der Waals surface area contributed by atoms with Crippen molar-refractivity contribution in [1.82, 2.24) is 25.5 Å². The Hall–Kier alpha value is -2.84. The average molecular weight is 404 g/mol. The molecule has 1 N–H and O–H groups in total. The molecule has 0 aliphatic carbocycles. The molecular weight excluding hydrogens is 385 g/mol. The summed E-state index contributed by atoms with van der Waals surface area (Å²) in [5.74, 6) is -0.161. The number of hydrogen-bond acceptors (Lipinski definition) is 5. The third kappa shape index (κ3) is 4.35. The number of methoxy groups -OCH3 is 1. The topological polar surface area (TPSA) is 81.9 Å². The van der Waals surface area contributed by atoms with Crippen molar-refractivity contribution in [3.8, 4) is 16.8 Å². The predicted octanol–water partition coefficient (Wildman–Crippen LogP) is 3.19. The van der Waals surface area contributed by atoms with E-state index in [0.29, 0.717) is 34.8 Å². The minimum atomic E-state index is -0.437. The first-order valence-electron chi connectivity index (χ1n) is 8.54. The van der Waals surface area contributed by atoms with E-state index >= 15 is 0 Å². The molecule has 146 valence electrons. The fourth-order valence-corrected chi connectivity index (χ4v) is 3.09. The summed E-state index contributed by atoms with van der Waals surface area (Å²) in [7, 11) is 1.57. The Labute approximate surface area is 166 Å². The van der Waals surface area contributed by atoms with E-state index in [1.807, 2.05) is 6.92 Å². The van der Waals surface area contributed by atoms with Gasteiger partial charge < -0.3 is 10.1 Å². The number of tetrazole rings is 1. The molecule has 1 heterocycles. The molecule has 3 rings (SSSR count). The molecule has 3 aromatic rings. The van der Waals surface area contributed by atoms with Gasteiger partial charge in [-0.15, -0.1) is 5.10 Å². The molecule has 0 aliphatic heterocycles. The first-order valence-corrected chi connectivity index (χ1v) is 8.92. The van der Waals surface area contributed by atoms with Crippen LogP contribution >= 0.6 is 11.6 Å². The number of carbonyl (C=O) groups excluding carboxylic acids is 1. The number of nitrogens with one attached hydrogen (secondary N) is 1. The highest BCUT2D eigenvalue weighted by atomic mass is 35.5. The lowest BCUT2D eigenvalue weighted by atomic mass is 10.0. The van der Waals surface area contributed by atoms with Crippen LogP contribution in [-0.4, -0.2) is 45.9 Å². The minimum absolute atomic E-state index is 0.172. The monoisotopic (exact) mass is 403 g/mol. The van der Waals surface area contributed by atoms with Gasteiger partial charge in [-0.25, -0.2) is 4.39 Å². The van der Waals surface area contributed by atoms with Crippen LogP contribution < -0.4 is 5.32 Å². The van der Waals surface area contributed by atoms with Gasteiger partial charge in [0, 0.05) is 24.3 Å². The number of amides is 1. The van der Waals surface area contributed by atoms with Crippen molar-refractivity contribution in [3.05, 3.63) is 58.6 Å². The Morgan fingerprint density at radius 1 is 1.32 bits per heavy atom. The van der Waals surface area contributed by atoms with Crippen molar-refractivity contribution >= 4 is 17.5 Å². The Morgan fingerprint density at radius 3 is 2.75 bits per heavy atom. The summed E-state index contributed by atoms with van der Waals surface area (Å²) in [6.07, 6.45) is 0. The molecular formula is C19H19ClFN5O2. The summed E-state index contributed by atoms with van der Waals surface area (Å²) < 4.78 is 20.0. The summed E-state index contributed by atoms with van der Waals surface area (Å²) in [5, 5.41) is 14.6. The van der Waals surface area contributed by atoms with E-state index in [9.17, 15) is 9.18 Å². The van der Waals surface area contributed by atoms with E-state index in [4.69, 9.17) is 16.3 Å². The van der Waals surface area contributed by atoms with Gasteiger partial charge in [0.25, 0.3) is 5.91 Å². The van der Waals surface area contributed by atoms with E-state index in [1.165, 1.54) is 16.8 Å². The van der Waals surface area contributed by atoms with Crippen LogP contribution in [-0.2, 0) is 4.74 Å². The maximum atomic E-state index is 13.5. The van der Waals surface area contributed by atoms with Crippen molar-refractivity contribution in [1.29, 1.82) is 0 Å². The lowest BCUT2D eigenvalue weighted by Gasteiger charge is -2.15. The van der Waals surface area contributed by atoms with E-state index in [0.717, 1.165) is 0 Å². The zero-order valence-electron chi connectivity index (χ0n) is 15.6. The third-order valence-electron chi connectivity index (χ3n) is 4.09. The summed E-state index contributed by atoms with van der Waals surface area (Å²) in [4.78, 5) is 12.7. The zero-order valence-corrected chi connectivity index (χ0v) is 16.4. The van der Waals surface area contributed by atoms with Crippen LogP contribution in [0.5, 0.6) is 0 Å². The van der Waals surface area contributed by atoms with Crippen LogP contribution in [0.15, 0.2) is 36.4 Å². The summed E-state index contributed by atoms with van der Waals surface area (Å²) >= 11 is 6.23. The fraction of sp³-hybridized carbons (Fsp3) is 0.263. The number of hydrogen-bond donors (Lipinski definition) is 1. The van der Waals surface area contributed by atoms with Crippen molar-refractivity contribution < 1.29 is 13.9 Å². The molecule has 7 nitrogen and oxygen atoms in total. The van der Waals surface area contributed by atoms with Gasteiger partial charge in [0.2, 0.25) is 0 Å². The van der Waals surface area contributed by atoms with Crippen molar-refractivity contribution in [3.63, 3.8) is 0 Å². The van der Waals surface area contributed by atoms with Crippen molar-refractivity contribution in [2.75, 3.05) is 13.7 Å². The van der Waals surface area contributed by atoms with Crippen molar-refractivity contribution in [2.24, 2.45) is 0 Å². The maximum Gasteiger partial charge on any atom is 0.251 e. The minimum Gasteiger partial charge on any atom is -0.383 e. The number of benzene rings is 2. The van der Waals surface area contributed by atoms with Gasteiger partial charge >= 0.3 is 0 Å². The third-order valence-corrected chi connectivity index (χ3v) is 4.40. The lowest BCUT2D eigenvalue weighted by Crippen LogP contribution is -2.35. The Morgan fingerprint density at radius 2 is 2.11 bits per heavy atom. The summed E-state index contributed by atoms with van der Waals surface area (Å²) in [5.41, 5.74) is 2.22. The summed E-state index contributed by atoms with van der Waals surface area (Å²) in [6.45, 7) is 3.97. The van der Waals surface area contributed by atoms with Gasteiger partial charge in [-0.3, -0.25) is 4.79 Å². The van der Waals surface area contributed by atoms with Gasteiger partial charge in [-0.1, -0.05) is 11.6 Å². The fourth-order valence-electron chi connectivity index (χ4n) is 2.81. The van der Waals surface area contributed by atoms with Crippen LogP contribution in [0.25, 0.3) is 16.8 Å². The molecule has 9 heteroatoms. The van der Waals surface area contributed by atoms with Crippen LogP contribution in [0.2, 0.25) is 5.02 Å². The number of rotatable bonds is 6. The maximum absolute atomic E-state index is 13.5. The zero-order chi connectivity index (χ0) is 20.3. The van der Waals surface area contributed by atoms with Crippen molar-refractivity contribution in [2.45, 2.75) is 19.9 Å². The molecule has 1 aromatic heterocycles. The van der Waals surface area contributed by atoms with Gasteiger partial charge in [0.15, 0.2) is 5.82 Å². The Kier molecular flexibility index (Phi) is 6.01. The quantitative estimate of drug-likeness (QED) is 0.683. The number of carbonyl (C=O) groups is 1. The van der Waals surface area contributed by atoms with Gasteiger partial charge in [0.1, 0.15) is 5.82 Å². The highest BCUT2D eigenvalue weighted by Gasteiger charge is 2.16. The normalized spacial score (nSPS) is 12.0. The predicted molar refractivity (Wildman–Crippen MR) is 103 cm³/mol. The highest BCUT2D eigenvalue weighted by molar-refractivity contribution is 6.33. The molecule has 0 spiro atoms. The molecule has 0 aliphatic rings. The second kappa shape index (κ2) is 8.45. The lowest BCUT2D eigenvalue weighted by molar-refractivity contribution is 0.0905. The van der Waals surface area contributed by atoms with E-state index < -0.39 is 5.82 Å². The summed E-state index contributed by atoms with van der Waals surface area (Å²) in [6, 6.07) is 9.10. The van der Waals surface area contributed by atoms with E-state index in [1.54, 1.807) is 38.3 Å². The average Bonchev–Trinajstić information content (AvgIpc) is 3.07. The molecule has 0 fully saturated rings. The van der Waals surface area contributed by atoms with Crippen LogP contribution in [0, 0.1) is 12.7 Å². The molecule has 0 unspecified atom stereocenters. The largest absolute Gasteiger partial charge is 0.383 e. The van der Waals surface area contributed by atoms with Gasteiger partial charge in [0.05, 0.1) is 17.3 Å². The molecule has 1 amide bonds. The molecule has 2 aromatic carbocycles. The Balaban J connectivity index is 2.09. The number of aryl methyl sites for hydroxylation is 1. The van der Waals surface area contributed by atoms with Crippen LogP contribution in [0.1, 0.15) is 23.1 Å². The second-order valence-electron chi connectivity index (χ2n) is 6.36. The smallest absolute Gasteiger partial charge is 0.251 e. The molecule has 0 saturated carbocycles. The van der Waals surface area contributed by atoms with E-state index in [2.05, 4.69) is 20.8 Å². The van der Waals surface area contributed by atoms with Gasteiger partial charge in [-0.2, -0.15) is 4.68 Å². The molecule has 0 bridgehead atoms. The standard InChI is InChI=1S/C19H19ClFN5O2/c1-11(10-28-3)22-19(27)14-6-13(17-5-4-15(21)9-18(17)20)7-16(8-14)26-12(2)23-24-25-26/h4-9,11H,10H2,1-3H3,(H,22,27)/t11-/m1/s1. The van der Waals surface area contributed by atoms with Crippen LogP contribution in [0.4, 0.5) is 4.39 Å². The van der Waals surface area contributed by atoms with Gasteiger partial charge in [-0.05, 0) is 66.2 Å². The molecule has 28 heavy (non-hydrogen) atoms. The number of ether oxygens (including phenoxy) is 1. The SMILES string of the molecule is COC[C@@H](C)NC(=O)c1cc(-c2ccc(F)cc2Cl)cc(-n2nnnc2C)c1. The van der Waals surface area contributed by atoms with Crippen LogP contribution in [0.3, 0.4) is 0 Å². The first-order chi connectivity index (χ1) is 13.4. The second-order valence-corrected chi connectivity index (χ2v) is 6.77. The molecule has 0 radical (unpaired) electrons. The first kappa shape index (κ1) is 19.9. The highest BCUT2D eigenvalue weighted by Crippen LogP contribution is 2.31. The number of halogens is 2. The van der Waals surface area contributed by atoms with E-state index in [-0.39, 0.29) is 17.0 Å². The number of nitrogens with zero attached hydrogens (tertiary/aromatic N) is 4. The number of aromatic nitrogens is 4. The Bertz CT molecular complexity index is 1010. The molecule has 1 atom stereocenters. The molecule has 0 saturated heterocycles.